The Balaban J connectivity index is 5.41. The summed E-state index contributed by atoms with van der Waals surface area (Å²) in [5.74, 6) is 0.998. The van der Waals surface area contributed by atoms with Crippen LogP contribution in [0.2, 0.25) is 0 Å². The van der Waals surface area contributed by atoms with Gasteiger partial charge in [-0.05, 0) is 46.5 Å². The molecule has 0 rings (SSSR count). The highest BCUT2D eigenvalue weighted by atomic mass is 16.7. The minimum Gasteiger partial charge on any atom is -0.347 e. The van der Waals surface area contributed by atoms with Gasteiger partial charge in [-0.25, -0.2) is 0 Å². The molecule has 2 nitrogen and oxygen atoms in total. The summed E-state index contributed by atoms with van der Waals surface area (Å²) in [5.41, 5.74) is 0. The largest absolute Gasteiger partial charge is 0.347 e. The Labute approximate surface area is 165 Å². The van der Waals surface area contributed by atoms with E-state index < -0.39 is 5.79 Å². The molecule has 0 aliphatic carbocycles. The van der Waals surface area contributed by atoms with Crippen molar-refractivity contribution in [1.82, 2.24) is 0 Å². The lowest BCUT2D eigenvalue weighted by Gasteiger charge is -2.49. The highest BCUT2D eigenvalue weighted by Gasteiger charge is 2.47. The van der Waals surface area contributed by atoms with Crippen molar-refractivity contribution in [1.29, 1.82) is 0 Å². The normalized spacial score (nSPS) is 16.3. The van der Waals surface area contributed by atoms with Crippen LogP contribution in [-0.4, -0.2) is 18.0 Å². The molecule has 0 aliphatic heterocycles. The number of hydrogen-bond acceptors (Lipinski definition) is 2. The Hall–Kier alpha value is -0.0800. The molecule has 3 unspecified atom stereocenters. The first-order valence-corrected chi connectivity index (χ1v) is 11.6. The van der Waals surface area contributed by atoms with Gasteiger partial charge in [-0.15, -0.1) is 0 Å². The zero-order valence-corrected chi connectivity index (χ0v) is 19.6. The van der Waals surface area contributed by atoms with Crippen molar-refractivity contribution in [2.75, 3.05) is 0 Å². The average molecular weight is 371 g/mol. The summed E-state index contributed by atoms with van der Waals surface area (Å²) in [5, 5.41) is 0. The van der Waals surface area contributed by atoms with Crippen LogP contribution in [0.15, 0.2) is 0 Å². The lowest BCUT2D eigenvalue weighted by Crippen LogP contribution is -2.53. The summed E-state index contributed by atoms with van der Waals surface area (Å²) in [6, 6.07) is 0. The molecule has 0 aromatic heterocycles. The van der Waals surface area contributed by atoms with Gasteiger partial charge in [0.05, 0.1) is 12.2 Å². The van der Waals surface area contributed by atoms with Crippen LogP contribution in [0.3, 0.4) is 0 Å². The fraction of sp³-hybridized carbons (Fsp3) is 1.00. The third-order valence-electron chi connectivity index (χ3n) is 5.86. The van der Waals surface area contributed by atoms with Gasteiger partial charge in [0.25, 0.3) is 0 Å². The van der Waals surface area contributed by atoms with Gasteiger partial charge >= 0.3 is 0 Å². The standard InChI is InChI=1S/C24H50O2/c1-10-13-14-15-16-17-18-23(21(8)11-2)24(22(9)12-3,25-19(4)5)26-20(6)7/h19-23H,10-18H2,1-9H3. The van der Waals surface area contributed by atoms with Gasteiger partial charge in [0.1, 0.15) is 0 Å². The molecule has 2 heteroatoms. The highest BCUT2D eigenvalue weighted by Crippen LogP contribution is 2.43. The second kappa shape index (κ2) is 14.0. The van der Waals surface area contributed by atoms with E-state index in [4.69, 9.17) is 9.47 Å². The van der Waals surface area contributed by atoms with E-state index in [9.17, 15) is 0 Å². The Bertz CT molecular complexity index is 314. The smallest absolute Gasteiger partial charge is 0.174 e. The third-order valence-corrected chi connectivity index (χ3v) is 5.86. The van der Waals surface area contributed by atoms with Crippen LogP contribution >= 0.6 is 0 Å². The van der Waals surface area contributed by atoms with Gasteiger partial charge < -0.3 is 9.47 Å². The third kappa shape index (κ3) is 8.74. The van der Waals surface area contributed by atoms with Crippen molar-refractivity contribution in [3.63, 3.8) is 0 Å². The van der Waals surface area contributed by atoms with Crippen molar-refractivity contribution in [3.8, 4) is 0 Å². The topological polar surface area (TPSA) is 18.5 Å². The van der Waals surface area contributed by atoms with Crippen LogP contribution in [0, 0.1) is 17.8 Å². The monoisotopic (exact) mass is 370 g/mol. The predicted octanol–water partition coefficient (Wildman–Crippen LogP) is 7.99. The van der Waals surface area contributed by atoms with Crippen LogP contribution in [0.1, 0.15) is 120 Å². The predicted molar refractivity (Wildman–Crippen MR) is 116 cm³/mol. The Morgan fingerprint density at radius 1 is 0.654 bits per heavy atom. The molecule has 3 atom stereocenters. The molecule has 0 N–H and O–H groups in total. The maximum Gasteiger partial charge on any atom is 0.174 e. The van der Waals surface area contributed by atoms with E-state index in [0.717, 1.165) is 6.42 Å². The minimum absolute atomic E-state index is 0.180. The van der Waals surface area contributed by atoms with E-state index in [2.05, 4.69) is 62.3 Å². The first kappa shape index (κ1) is 25.9. The maximum atomic E-state index is 6.66. The van der Waals surface area contributed by atoms with Gasteiger partial charge in [-0.3, -0.25) is 0 Å². The van der Waals surface area contributed by atoms with Gasteiger partial charge in [0.2, 0.25) is 0 Å². The van der Waals surface area contributed by atoms with Gasteiger partial charge in [-0.2, -0.15) is 0 Å². The molecule has 0 aliphatic rings. The van der Waals surface area contributed by atoms with Gasteiger partial charge in [0, 0.05) is 11.8 Å². The van der Waals surface area contributed by atoms with E-state index in [0.29, 0.717) is 17.8 Å². The number of ether oxygens (including phenoxy) is 2. The summed E-state index contributed by atoms with van der Waals surface area (Å²) in [6.07, 6.45) is 11.9. The number of rotatable bonds is 16. The van der Waals surface area contributed by atoms with E-state index in [1.807, 2.05) is 0 Å². The summed E-state index contributed by atoms with van der Waals surface area (Å²) in [6.45, 7) is 20.2. The summed E-state index contributed by atoms with van der Waals surface area (Å²) in [4.78, 5) is 0. The van der Waals surface area contributed by atoms with Crippen molar-refractivity contribution < 1.29 is 9.47 Å². The van der Waals surface area contributed by atoms with Crippen molar-refractivity contribution in [3.05, 3.63) is 0 Å². The Morgan fingerprint density at radius 2 is 1.15 bits per heavy atom. The van der Waals surface area contributed by atoms with Gasteiger partial charge in [0.15, 0.2) is 5.79 Å². The van der Waals surface area contributed by atoms with Crippen molar-refractivity contribution >= 4 is 0 Å². The first-order chi connectivity index (χ1) is 12.2. The SMILES string of the molecule is CCCCCCCCC(C(C)CC)C(OC(C)C)(OC(C)C)C(C)CC. The second-order valence-corrected chi connectivity index (χ2v) is 8.91. The quantitative estimate of drug-likeness (QED) is 0.202. The van der Waals surface area contributed by atoms with Crippen LogP contribution in [-0.2, 0) is 9.47 Å². The van der Waals surface area contributed by atoms with Crippen LogP contribution in [0.4, 0.5) is 0 Å². The molecule has 0 saturated heterocycles. The van der Waals surface area contributed by atoms with E-state index in [1.54, 1.807) is 0 Å². The molecule has 0 radical (unpaired) electrons. The van der Waals surface area contributed by atoms with Crippen LogP contribution < -0.4 is 0 Å². The molecule has 26 heavy (non-hydrogen) atoms. The fourth-order valence-corrected chi connectivity index (χ4v) is 4.13. The molecule has 0 saturated carbocycles. The summed E-state index contributed by atoms with van der Waals surface area (Å²) < 4.78 is 13.3. The summed E-state index contributed by atoms with van der Waals surface area (Å²) in [7, 11) is 0. The molecule has 0 aromatic rings. The van der Waals surface area contributed by atoms with E-state index >= 15 is 0 Å². The van der Waals surface area contributed by atoms with Crippen molar-refractivity contribution in [2.24, 2.45) is 17.8 Å². The molecule has 158 valence electrons. The zero-order valence-electron chi connectivity index (χ0n) is 19.6. The molecule has 0 bridgehead atoms. The molecule has 0 fully saturated rings. The highest BCUT2D eigenvalue weighted by molar-refractivity contribution is 4.88. The molecule has 0 aromatic carbocycles. The lowest BCUT2D eigenvalue weighted by atomic mass is 9.74. The second-order valence-electron chi connectivity index (χ2n) is 8.91. The fourth-order valence-electron chi connectivity index (χ4n) is 4.13. The number of hydrogen-bond donors (Lipinski definition) is 0. The number of unbranched alkanes of at least 4 members (excludes halogenated alkanes) is 5. The Morgan fingerprint density at radius 3 is 1.58 bits per heavy atom. The van der Waals surface area contributed by atoms with Crippen molar-refractivity contribution in [2.45, 2.75) is 138 Å². The lowest BCUT2D eigenvalue weighted by molar-refractivity contribution is -0.328. The van der Waals surface area contributed by atoms with Gasteiger partial charge in [-0.1, -0.05) is 79.6 Å². The van der Waals surface area contributed by atoms with Crippen LogP contribution in [0.25, 0.3) is 0 Å². The molecular formula is C24H50O2. The molecule has 0 amide bonds. The first-order valence-electron chi connectivity index (χ1n) is 11.6. The van der Waals surface area contributed by atoms with Crippen LogP contribution in [0.5, 0.6) is 0 Å². The maximum absolute atomic E-state index is 6.66. The van der Waals surface area contributed by atoms with E-state index in [-0.39, 0.29) is 12.2 Å². The minimum atomic E-state index is -0.462. The average Bonchev–Trinajstić information content (AvgIpc) is 2.58. The van der Waals surface area contributed by atoms with E-state index in [1.165, 1.54) is 51.4 Å². The zero-order chi connectivity index (χ0) is 20.2. The Kier molecular flexibility index (Phi) is 14.0. The molecular weight excluding hydrogens is 320 g/mol. The molecule has 0 spiro atoms. The summed E-state index contributed by atoms with van der Waals surface area (Å²) >= 11 is 0. The molecule has 0 heterocycles.